The van der Waals surface area contributed by atoms with Crippen molar-refractivity contribution in [1.82, 2.24) is 14.7 Å². The SMILES string of the molecule is C=C1N=c2sc(C)cc2=C(N2CCN(C)CC2)N(C(=O)OCOC(=O)S)/C1=C/C=C\C. The van der Waals surface area contributed by atoms with E-state index >= 15 is 0 Å². The molecule has 0 radical (unpaired) electrons. The molecule has 1 fully saturated rings. The van der Waals surface area contributed by atoms with E-state index in [4.69, 9.17) is 14.5 Å². The van der Waals surface area contributed by atoms with Crippen LogP contribution in [0.4, 0.5) is 9.59 Å². The first-order valence-electron chi connectivity index (χ1n) is 9.79. The molecule has 0 aromatic carbocycles. The summed E-state index contributed by atoms with van der Waals surface area (Å²) in [5.74, 6) is 0.688. The summed E-state index contributed by atoms with van der Waals surface area (Å²) >= 11 is 5.09. The molecule has 0 unspecified atom stereocenters. The van der Waals surface area contributed by atoms with Crippen LogP contribution in [-0.4, -0.2) is 66.1 Å². The molecule has 2 aliphatic rings. The molecule has 31 heavy (non-hydrogen) atoms. The van der Waals surface area contributed by atoms with Crippen molar-refractivity contribution >= 4 is 41.2 Å². The Bertz CT molecular complexity index is 1050. The first-order valence-corrected chi connectivity index (χ1v) is 11.1. The molecule has 166 valence electrons. The first-order chi connectivity index (χ1) is 14.8. The maximum absolute atomic E-state index is 13.3. The summed E-state index contributed by atoms with van der Waals surface area (Å²) in [6.07, 6.45) is 4.76. The third-order valence-electron chi connectivity index (χ3n) is 4.86. The Balaban J connectivity index is 2.17. The molecule has 0 atom stereocenters. The minimum atomic E-state index is -0.827. The fourth-order valence-electron chi connectivity index (χ4n) is 3.36. The van der Waals surface area contributed by atoms with Gasteiger partial charge in [0.25, 0.3) is 0 Å². The van der Waals surface area contributed by atoms with Crippen LogP contribution in [0.1, 0.15) is 11.8 Å². The number of nitrogens with zero attached hydrogens (tertiary/aromatic N) is 4. The smallest absolute Gasteiger partial charge is 0.420 e. The lowest BCUT2D eigenvalue weighted by molar-refractivity contribution is 0.0253. The van der Waals surface area contributed by atoms with Crippen molar-refractivity contribution in [2.24, 2.45) is 4.99 Å². The quantitative estimate of drug-likeness (QED) is 0.421. The van der Waals surface area contributed by atoms with Gasteiger partial charge in [-0.25, -0.2) is 19.5 Å². The molecule has 0 aliphatic carbocycles. The van der Waals surface area contributed by atoms with Crippen molar-refractivity contribution in [2.45, 2.75) is 13.8 Å². The normalized spacial score (nSPS) is 18.8. The van der Waals surface area contributed by atoms with E-state index < -0.39 is 18.2 Å². The van der Waals surface area contributed by atoms with Gasteiger partial charge in [-0.05, 0) is 33.0 Å². The van der Waals surface area contributed by atoms with Gasteiger partial charge in [-0.2, -0.15) is 0 Å². The van der Waals surface area contributed by atoms with E-state index in [0.29, 0.717) is 17.2 Å². The van der Waals surface area contributed by atoms with E-state index in [1.54, 1.807) is 17.4 Å². The maximum atomic E-state index is 13.3. The van der Waals surface area contributed by atoms with Crippen molar-refractivity contribution in [3.63, 3.8) is 0 Å². The Hall–Kier alpha value is -2.56. The summed E-state index contributed by atoms with van der Waals surface area (Å²) < 4.78 is 10.7. The van der Waals surface area contributed by atoms with Gasteiger partial charge in [0.15, 0.2) is 0 Å². The molecule has 3 rings (SSSR count). The third-order valence-corrected chi connectivity index (χ3v) is 5.93. The van der Waals surface area contributed by atoms with Crippen molar-refractivity contribution in [1.29, 1.82) is 0 Å². The maximum Gasteiger partial charge on any atom is 0.423 e. The number of aryl methyl sites for hydroxylation is 1. The Kier molecular flexibility index (Phi) is 7.58. The molecule has 1 saturated heterocycles. The largest absolute Gasteiger partial charge is 0.423 e. The number of hydrogen-bond acceptors (Lipinski definition) is 8. The number of thiophene rings is 1. The fraction of sp³-hybridized carbons (Fsp3) is 0.381. The molecule has 0 saturated carbocycles. The second-order valence-electron chi connectivity index (χ2n) is 7.10. The van der Waals surface area contributed by atoms with Crippen LogP contribution in [0.5, 0.6) is 0 Å². The van der Waals surface area contributed by atoms with Crippen LogP contribution in [0, 0.1) is 6.92 Å². The summed E-state index contributed by atoms with van der Waals surface area (Å²) in [5, 5.41) is 0.0204. The highest BCUT2D eigenvalue weighted by Gasteiger charge is 2.33. The summed E-state index contributed by atoms with van der Waals surface area (Å²) in [6.45, 7) is 10.6. The molecular formula is C21H26N4O4S2. The Morgan fingerprint density at radius 2 is 2.00 bits per heavy atom. The lowest BCUT2D eigenvalue weighted by atomic mass is 10.2. The zero-order valence-corrected chi connectivity index (χ0v) is 19.5. The molecule has 1 aromatic rings. The minimum absolute atomic E-state index is 0.438. The number of hydrogen-bond donors (Lipinski definition) is 1. The molecule has 1 aromatic heterocycles. The number of rotatable bonds is 4. The highest BCUT2D eigenvalue weighted by atomic mass is 32.1. The first kappa shape index (κ1) is 23.1. The molecule has 0 bridgehead atoms. The number of amides is 1. The number of carbonyl (C=O) groups excluding carboxylic acids is 2. The zero-order valence-electron chi connectivity index (χ0n) is 17.8. The second kappa shape index (κ2) is 10.2. The van der Waals surface area contributed by atoms with Crippen LogP contribution in [0.15, 0.2) is 47.3 Å². The Morgan fingerprint density at radius 3 is 2.65 bits per heavy atom. The third kappa shape index (κ3) is 5.38. The van der Waals surface area contributed by atoms with Gasteiger partial charge >= 0.3 is 11.4 Å². The summed E-state index contributed by atoms with van der Waals surface area (Å²) in [7, 11) is 2.07. The number of likely N-dealkylation sites (N-methyl/N-ethyl adjacent to an activating group) is 1. The number of thiol groups is 1. The average Bonchev–Trinajstić information content (AvgIpc) is 3.02. The van der Waals surface area contributed by atoms with Crippen molar-refractivity contribution in [3.05, 3.63) is 57.0 Å². The van der Waals surface area contributed by atoms with Crippen LogP contribution in [-0.2, 0) is 9.47 Å². The van der Waals surface area contributed by atoms with Gasteiger partial charge in [-0.1, -0.05) is 31.4 Å². The molecule has 2 aliphatic heterocycles. The van der Waals surface area contributed by atoms with Gasteiger partial charge in [0.2, 0.25) is 6.79 Å². The van der Waals surface area contributed by atoms with E-state index in [-0.39, 0.29) is 0 Å². The zero-order chi connectivity index (χ0) is 22.5. The molecule has 8 nitrogen and oxygen atoms in total. The van der Waals surface area contributed by atoms with E-state index in [0.717, 1.165) is 40.9 Å². The van der Waals surface area contributed by atoms with Gasteiger partial charge < -0.3 is 19.3 Å². The lowest BCUT2D eigenvalue weighted by Crippen LogP contribution is -2.50. The van der Waals surface area contributed by atoms with Crippen LogP contribution < -0.4 is 9.89 Å². The average molecular weight is 463 g/mol. The molecular weight excluding hydrogens is 436 g/mol. The van der Waals surface area contributed by atoms with Crippen LogP contribution in [0.2, 0.25) is 0 Å². The predicted octanol–water partition coefficient (Wildman–Crippen LogP) is 2.44. The number of carbonyl (C=O) groups is 2. The van der Waals surface area contributed by atoms with Crippen molar-refractivity contribution < 1.29 is 19.1 Å². The lowest BCUT2D eigenvalue weighted by Gasteiger charge is -2.39. The van der Waals surface area contributed by atoms with E-state index in [1.165, 1.54) is 4.90 Å². The molecule has 0 spiro atoms. The van der Waals surface area contributed by atoms with E-state index in [9.17, 15) is 9.59 Å². The van der Waals surface area contributed by atoms with Crippen LogP contribution in [0.3, 0.4) is 0 Å². The van der Waals surface area contributed by atoms with Crippen molar-refractivity contribution in [3.8, 4) is 0 Å². The molecule has 0 N–H and O–H groups in total. The fourth-order valence-corrected chi connectivity index (χ4v) is 4.31. The number of allylic oxidation sites excluding steroid dienone is 3. The number of fused-ring (bicyclic) bond motifs is 1. The molecule has 10 heteroatoms. The summed E-state index contributed by atoms with van der Waals surface area (Å²) in [5.41, 5.74) is 0.934. The van der Waals surface area contributed by atoms with E-state index in [1.807, 2.05) is 32.1 Å². The van der Waals surface area contributed by atoms with Gasteiger partial charge in [-0.15, -0.1) is 11.3 Å². The minimum Gasteiger partial charge on any atom is -0.420 e. The highest BCUT2D eigenvalue weighted by molar-refractivity contribution is 7.96. The Morgan fingerprint density at radius 1 is 1.29 bits per heavy atom. The van der Waals surface area contributed by atoms with E-state index in [2.05, 4.69) is 36.1 Å². The highest BCUT2D eigenvalue weighted by Crippen LogP contribution is 2.27. The molecule has 3 heterocycles. The van der Waals surface area contributed by atoms with Crippen molar-refractivity contribution in [2.75, 3.05) is 40.0 Å². The monoisotopic (exact) mass is 462 g/mol. The van der Waals surface area contributed by atoms with Crippen LogP contribution in [0.25, 0.3) is 5.82 Å². The predicted molar refractivity (Wildman–Crippen MR) is 123 cm³/mol. The topological polar surface area (TPSA) is 74.7 Å². The van der Waals surface area contributed by atoms with Gasteiger partial charge in [0, 0.05) is 31.1 Å². The van der Waals surface area contributed by atoms with Crippen LogP contribution >= 0.6 is 24.0 Å². The van der Waals surface area contributed by atoms with Gasteiger partial charge in [-0.3, -0.25) is 0 Å². The molecule has 1 amide bonds. The second-order valence-corrected chi connectivity index (χ2v) is 8.70. The number of ether oxygens (including phenoxy) is 2. The summed E-state index contributed by atoms with van der Waals surface area (Å²) in [4.78, 5) is 35.9. The summed E-state index contributed by atoms with van der Waals surface area (Å²) in [6, 6.07) is 2.02. The number of piperazine rings is 1. The Labute approximate surface area is 190 Å². The van der Waals surface area contributed by atoms with Gasteiger partial charge in [0.1, 0.15) is 10.5 Å². The van der Waals surface area contributed by atoms with Gasteiger partial charge in [0.05, 0.1) is 16.6 Å². The standard InChI is InChI=1S/C21H26N4O4S2/c1-5-6-7-17-15(3)22-18-16(12-14(2)31-18)19(24-10-8-23(4)9-11-24)25(17)20(26)28-13-29-21(27)30/h5-7,12H,3,8-11,13H2,1-2,4H3,(H,27,30)/b6-5-,17-7+.